The molecule has 2 aliphatic carbocycles. The number of carbonyl (C=O) groups excluding carboxylic acids is 1. The van der Waals surface area contributed by atoms with Gasteiger partial charge in [-0.3, -0.25) is 9.52 Å². The van der Waals surface area contributed by atoms with Gasteiger partial charge in [0.25, 0.3) is 5.91 Å². The number of sulfonamides is 1. The highest BCUT2D eigenvalue weighted by Gasteiger charge is 2.44. The highest BCUT2D eigenvalue weighted by Crippen LogP contribution is 2.54. The molecule has 0 radical (unpaired) electrons. The summed E-state index contributed by atoms with van der Waals surface area (Å²) in [5.74, 6) is 0.0914. The van der Waals surface area contributed by atoms with E-state index in [4.69, 9.17) is 10.1 Å². The van der Waals surface area contributed by atoms with E-state index in [-0.39, 0.29) is 11.7 Å². The molecule has 3 fully saturated rings. The van der Waals surface area contributed by atoms with E-state index in [1.807, 2.05) is 25.3 Å². The van der Waals surface area contributed by atoms with Crippen molar-refractivity contribution in [3.63, 3.8) is 0 Å². The summed E-state index contributed by atoms with van der Waals surface area (Å²) in [5, 5.41) is 13.1. The molecule has 2 aromatic heterocycles. The Balaban J connectivity index is 1.31. The standard InChI is InChI=1S/C28H35N5O4S/c1-19-16-24(22-6-11-33(26(22)29-19)18-20-2-3-20)30-27(35)23-5-4-21(31-38(36,37)15-14-34)17-25(23)32-12-9-28(7-8-28)10-13-32/h4-6,11,16-17,20,31,34H,2-3,7-10,12-15,18H2,1H3,(H,29,30,35). The first-order chi connectivity index (χ1) is 18.2. The van der Waals surface area contributed by atoms with Gasteiger partial charge >= 0.3 is 0 Å². The Morgan fingerprint density at radius 3 is 2.58 bits per heavy atom. The van der Waals surface area contributed by atoms with Gasteiger partial charge in [-0.05, 0) is 87.1 Å². The number of rotatable bonds is 9. The van der Waals surface area contributed by atoms with Crippen LogP contribution in [0.1, 0.15) is 54.6 Å². The second-order valence-electron chi connectivity index (χ2n) is 11.3. The second kappa shape index (κ2) is 9.57. The number of hydrogen-bond acceptors (Lipinski definition) is 6. The van der Waals surface area contributed by atoms with Crippen LogP contribution in [0.15, 0.2) is 36.5 Å². The van der Waals surface area contributed by atoms with E-state index >= 15 is 0 Å². The molecule has 3 heterocycles. The molecule has 1 spiro atoms. The molecule has 1 aromatic carbocycles. The monoisotopic (exact) mass is 537 g/mol. The third-order valence-corrected chi connectivity index (χ3v) is 9.52. The zero-order valence-electron chi connectivity index (χ0n) is 21.7. The molecule has 1 saturated heterocycles. The lowest BCUT2D eigenvalue weighted by Crippen LogP contribution is -2.35. The van der Waals surface area contributed by atoms with E-state index < -0.39 is 16.6 Å². The SMILES string of the molecule is Cc1cc(NC(=O)c2ccc(NS(=O)(=O)CCO)cc2N2CCC3(CC2)CC3)c2ccn(CC3CC3)c2n1. The number of amides is 1. The van der Waals surface area contributed by atoms with Crippen LogP contribution in [0, 0.1) is 18.3 Å². The lowest BCUT2D eigenvalue weighted by Gasteiger charge is -2.35. The number of aliphatic hydroxyl groups is 1. The molecule has 0 atom stereocenters. The molecule has 3 N–H and O–H groups in total. The van der Waals surface area contributed by atoms with Gasteiger partial charge in [0, 0.05) is 36.9 Å². The molecule has 2 saturated carbocycles. The van der Waals surface area contributed by atoms with Crippen LogP contribution in [0.4, 0.5) is 17.1 Å². The summed E-state index contributed by atoms with van der Waals surface area (Å²) >= 11 is 0. The van der Waals surface area contributed by atoms with Crippen molar-refractivity contribution in [3.8, 4) is 0 Å². The highest BCUT2D eigenvalue weighted by atomic mass is 32.2. The highest BCUT2D eigenvalue weighted by molar-refractivity contribution is 7.92. The van der Waals surface area contributed by atoms with Crippen LogP contribution in [0.5, 0.6) is 0 Å². The molecule has 10 heteroatoms. The van der Waals surface area contributed by atoms with Crippen molar-refractivity contribution in [1.29, 1.82) is 0 Å². The number of aliphatic hydroxyl groups excluding tert-OH is 1. The summed E-state index contributed by atoms with van der Waals surface area (Å²) in [7, 11) is -3.68. The van der Waals surface area contributed by atoms with Crippen molar-refractivity contribution < 1.29 is 18.3 Å². The van der Waals surface area contributed by atoms with Gasteiger partial charge in [-0.25, -0.2) is 13.4 Å². The zero-order chi connectivity index (χ0) is 26.5. The van der Waals surface area contributed by atoms with E-state index in [1.54, 1.807) is 18.2 Å². The fourth-order valence-electron chi connectivity index (χ4n) is 5.60. The largest absolute Gasteiger partial charge is 0.395 e. The minimum atomic E-state index is -3.68. The Morgan fingerprint density at radius 2 is 1.89 bits per heavy atom. The Kier molecular flexibility index (Phi) is 6.34. The average Bonchev–Trinajstić information content (AvgIpc) is 3.79. The van der Waals surface area contributed by atoms with E-state index in [2.05, 4.69) is 19.5 Å². The first-order valence-corrected chi connectivity index (χ1v) is 15.2. The van der Waals surface area contributed by atoms with E-state index in [1.165, 1.54) is 25.7 Å². The van der Waals surface area contributed by atoms with Crippen molar-refractivity contribution in [3.05, 3.63) is 47.8 Å². The Morgan fingerprint density at radius 1 is 1.13 bits per heavy atom. The number of pyridine rings is 1. The number of aromatic nitrogens is 2. The lowest BCUT2D eigenvalue weighted by molar-refractivity contribution is 0.102. The minimum absolute atomic E-state index is 0.238. The summed E-state index contributed by atoms with van der Waals surface area (Å²) in [4.78, 5) is 20.7. The molecule has 3 aromatic rings. The average molecular weight is 538 g/mol. The van der Waals surface area contributed by atoms with Gasteiger partial charge in [-0.2, -0.15) is 0 Å². The summed E-state index contributed by atoms with van der Waals surface area (Å²) < 4.78 is 29.3. The van der Waals surface area contributed by atoms with Crippen LogP contribution in [0.2, 0.25) is 0 Å². The Hall–Kier alpha value is -3.11. The molecule has 1 aliphatic heterocycles. The van der Waals surface area contributed by atoms with Gasteiger partial charge in [-0.15, -0.1) is 0 Å². The molecule has 3 aliphatic rings. The van der Waals surface area contributed by atoms with E-state index in [0.717, 1.165) is 60.6 Å². The lowest BCUT2D eigenvalue weighted by atomic mass is 9.93. The van der Waals surface area contributed by atoms with Crippen molar-refractivity contribution in [2.45, 2.75) is 52.0 Å². The van der Waals surface area contributed by atoms with E-state index in [0.29, 0.717) is 22.6 Å². The maximum atomic E-state index is 13.7. The van der Waals surface area contributed by atoms with E-state index in [9.17, 15) is 13.2 Å². The summed E-state index contributed by atoms with van der Waals surface area (Å²) in [6.07, 6.45) is 9.24. The minimum Gasteiger partial charge on any atom is -0.395 e. The predicted molar refractivity (Wildman–Crippen MR) is 149 cm³/mol. The van der Waals surface area contributed by atoms with Crippen molar-refractivity contribution >= 4 is 44.0 Å². The molecule has 6 rings (SSSR count). The maximum absolute atomic E-state index is 13.7. The molecule has 202 valence electrons. The quantitative estimate of drug-likeness (QED) is 0.378. The fraction of sp³-hybridized carbons (Fsp3) is 0.500. The number of nitrogens with one attached hydrogen (secondary N) is 2. The smallest absolute Gasteiger partial charge is 0.257 e. The number of anilines is 3. The number of piperidine rings is 1. The van der Waals surface area contributed by atoms with Crippen LogP contribution < -0.4 is 14.9 Å². The molecule has 0 bridgehead atoms. The normalized spacial score (nSPS) is 18.6. The summed E-state index contributed by atoms with van der Waals surface area (Å²) in [6, 6.07) is 8.95. The van der Waals surface area contributed by atoms with Gasteiger partial charge in [0.05, 0.1) is 35.0 Å². The number of aryl methyl sites for hydroxylation is 1. The Labute approximate surface area is 223 Å². The van der Waals surface area contributed by atoms with Crippen LogP contribution in [0.25, 0.3) is 11.0 Å². The van der Waals surface area contributed by atoms with Crippen molar-refractivity contribution in [2.24, 2.45) is 11.3 Å². The van der Waals surface area contributed by atoms with Crippen LogP contribution >= 0.6 is 0 Å². The first-order valence-electron chi connectivity index (χ1n) is 13.5. The van der Waals surface area contributed by atoms with Crippen molar-refractivity contribution in [1.82, 2.24) is 9.55 Å². The number of nitrogens with zero attached hydrogens (tertiary/aromatic N) is 3. The molecule has 0 unspecified atom stereocenters. The first kappa shape index (κ1) is 25.2. The molecule has 38 heavy (non-hydrogen) atoms. The van der Waals surface area contributed by atoms with Gasteiger partial charge < -0.3 is 19.9 Å². The second-order valence-corrected chi connectivity index (χ2v) is 13.1. The summed E-state index contributed by atoms with van der Waals surface area (Å²) in [5.41, 5.74) is 4.51. The topological polar surface area (TPSA) is 117 Å². The fourth-order valence-corrected chi connectivity index (χ4v) is 6.43. The van der Waals surface area contributed by atoms with Gasteiger partial charge in [0.1, 0.15) is 5.65 Å². The summed E-state index contributed by atoms with van der Waals surface area (Å²) in [6.45, 7) is 4.08. The van der Waals surface area contributed by atoms with Crippen LogP contribution in [0.3, 0.4) is 0 Å². The zero-order valence-corrected chi connectivity index (χ0v) is 22.6. The number of carbonyl (C=O) groups is 1. The maximum Gasteiger partial charge on any atom is 0.257 e. The third-order valence-electron chi connectivity index (χ3n) is 8.26. The van der Waals surface area contributed by atoms with Crippen LogP contribution in [-0.2, 0) is 16.6 Å². The molecule has 9 nitrogen and oxygen atoms in total. The van der Waals surface area contributed by atoms with Crippen LogP contribution in [-0.4, -0.2) is 54.4 Å². The molecular weight excluding hydrogens is 502 g/mol. The van der Waals surface area contributed by atoms with Gasteiger partial charge in [0.2, 0.25) is 10.0 Å². The third kappa shape index (κ3) is 5.24. The Bertz CT molecular complexity index is 1480. The number of fused-ring (bicyclic) bond motifs is 1. The van der Waals surface area contributed by atoms with Crippen molar-refractivity contribution in [2.75, 3.05) is 40.4 Å². The molecule has 1 amide bonds. The number of benzene rings is 1. The molecular formula is C28H35N5O4S. The predicted octanol–water partition coefficient (Wildman–Crippen LogP) is 4.12. The van der Waals surface area contributed by atoms with Gasteiger partial charge in [0.15, 0.2) is 0 Å². The number of hydrogen-bond donors (Lipinski definition) is 3. The van der Waals surface area contributed by atoms with Gasteiger partial charge in [-0.1, -0.05) is 0 Å².